The molecule has 0 unspecified atom stereocenters. The Labute approximate surface area is 174 Å². The molecule has 3 rings (SSSR count). The van der Waals surface area contributed by atoms with Gasteiger partial charge in [0.15, 0.2) is 6.61 Å². The van der Waals surface area contributed by atoms with Crippen molar-refractivity contribution in [3.8, 4) is 11.5 Å². The standard InChI is InChI=1S/C24H20N2O4/c27-23(18-29-21-9-5-2-6-10-21)26-25-17-20-11-14-22(15-12-20)30-24(28)16-13-19-7-3-1-4-8-19/h1-17H,18H2,(H,26,27)/b16-13+,25-17-. The van der Waals surface area contributed by atoms with E-state index in [-0.39, 0.29) is 12.5 Å². The Hall–Kier alpha value is -4.19. The zero-order valence-electron chi connectivity index (χ0n) is 16.1. The third kappa shape index (κ3) is 7.09. The van der Waals surface area contributed by atoms with Crippen LogP contribution in [0.3, 0.4) is 0 Å². The van der Waals surface area contributed by atoms with Crippen LogP contribution in [0.5, 0.6) is 11.5 Å². The Morgan fingerprint density at radius 3 is 2.17 bits per heavy atom. The lowest BCUT2D eigenvalue weighted by Crippen LogP contribution is -2.24. The fourth-order valence-electron chi connectivity index (χ4n) is 2.38. The number of benzene rings is 3. The molecule has 0 aliphatic rings. The van der Waals surface area contributed by atoms with Crippen LogP contribution in [0.2, 0.25) is 0 Å². The normalized spacial score (nSPS) is 10.8. The number of carbonyl (C=O) groups excluding carboxylic acids is 2. The fourth-order valence-corrected chi connectivity index (χ4v) is 2.38. The molecule has 0 saturated carbocycles. The summed E-state index contributed by atoms with van der Waals surface area (Å²) < 4.78 is 10.6. The van der Waals surface area contributed by atoms with E-state index in [1.54, 1.807) is 42.5 Å². The van der Waals surface area contributed by atoms with Gasteiger partial charge in [-0.05, 0) is 53.6 Å². The summed E-state index contributed by atoms with van der Waals surface area (Å²) in [5, 5.41) is 3.88. The monoisotopic (exact) mass is 400 g/mol. The number of carbonyl (C=O) groups is 2. The highest BCUT2D eigenvalue weighted by Gasteiger charge is 2.02. The van der Waals surface area contributed by atoms with Crippen LogP contribution in [0.15, 0.2) is 96.1 Å². The summed E-state index contributed by atoms with van der Waals surface area (Å²) in [6, 6.07) is 25.3. The topological polar surface area (TPSA) is 77.0 Å². The molecule has 0 aliphatic carbocycles. The number of ether oxygens (including phenoxy) is 2. The molecule has 0 aliphatic heterocycles. The van der Waals surface area contributed by atoms with Crippen molar-refractivity contribution in [1.82, 2.24) is 5.43 Å². The highest BCUT2D eigenvalue weighted by molar-refractivity contribution is 5.89. The van der Waals surface area contributed by atoms with Gasteiger partial charge in [0.2, 0.25) is 0 Å². The van der Waals surface area contributed by atoms with Crippen molar-refractivity contribution in [2.24, 2.45) is 5.10 Å². The molecule has 150 valence electrons. The molecule has 0 aromatic heterocycles. The van der Waals surface area contributed by atoms with Crippen molar-refractivity contribution in [3.05, 3.63) is 102 Å². The number of hydrazone groups is 1. The minimum absolute atomic E-state index is 0.132. The van der Waals surface area contributed by atoms with Gasteiger partial charge in [0, 0.05) is 6.08 Å². The number of amides is 1. The van der Waals surface area contributed by atoms with Gasteiger partial charge in [0.1, 0.15) is 11.5 Å². The molecule has 0 fully saturated rings. The second-order valence-corrected chi connectivity index (χ2v) is 6.13. The molecule has 0 spiro atoms. The molecule has 3 aromatic carbocycles. The summed E-state index contributed by atoms with van der Waals surface area (Å²) in [6.07, 6.45) is 4.55. The number of hydrogen-bond donors (Lipinski definition) is 1. The Bertz CT molecular complexity index is 1010. The lowest BCUT2D eigenvalue weighted by Gasteiger charge is -2.04. The Morgan fingerprint density at radius 1 is 0.800 bits per heavy atom. The third-order valence-corrected chi connectivity index (χ3v) is 3.83. The van der Waals surface area contributed by atoms with Gasteiger partial charge in [0.05, 0.1) is 6.21 Å². The molecule has 0 radical (unpaired) electrons. The van der Waals surface area contributed by atoms with Gasteiger partial charge in [0.25, 0.3) is 5.91 Å². The first-order valence-corrected chi connectivity index (χ1v) is 9.24. The molecule has 0 atom stereocenters. The van der Waals surface area contributed by atoms with Gasteiger partial charge in [-0.15, -0.1) is 0 Å². The molecule has 6 nitrogen and oxygen atoms in total. The maximum atomic E-state index is 11.9. The number of hydrogen-bond acceptors (Lipinski definition) is 5. The van der Waals surface area contributed by atoms with Crippen molar-refractivity contribution >= 4 is 24.2 Å². The highest BCUT2D eigenvalue weighted by atomic mass is 16.5. The van der Waals surface area contributed by atoms with E-state index >= 15 is 0 Å². The van der Waals surface area contributed by atoms with Gasteiger partial charge in [-0.2, -0.15) is 5.10 Å². The van der Waals surface area contributed by atoms with Crippen molar-refractivity contribution in [3.63, 3.8) is 0 Å². The van der Waals surface area contributed by atoms with Crippen LogP contribution in [0.1, 0.15) is 11.1 Å². The number of para-hydroxylation sites is 1. The molecule has 1 N–H and O–H groups in total. The van der Waals surface area contributed by atoms with Crippen LogP contribution >= 0.6 is 0 Å². The maximum Gasteiger partial charge on any atom is 0.336 e. The van der Waals surface area contributed by atoms with Crippen LogP contribution in [0, 0.1) is 0 Å². The second-order valence-electron chi connectivity index (χ2n) is 6.13. The van der Waals surface area contributed by atoms with Crippen molar-refractivity contribution < 1.29 is 19.1 Å². The first kappa shape index (κ1) is 20.5. The van der Waals surface area contributed by atoms with Crippen molar-refractivity contribution in [1.29, 1.82) is 0 Å². The number of nitrogens with zero attached hydrogens (tertiary/aromatic N) is 1. The number of rotatable bonds is 8. The molecular formula is C24H20N2O4. The zero-order chi connectivity index (χ0) is 21.0. The summed E-state index contributed by atoms with van der Waals surface area (Å²) in [4.78, 5) is 23.6. The Kier molecular flexibility index (Phi) is 7.51. The van der Waals surface area contributed by atoms with Crippen LogP contribution < -0.4 is 14.9 Å². The average Bonchev–Trinajstić information content (AvgIpc) is 2.79. The fraction of sp³-hybridized carbons (Fsp3) is 0.0417. The van der Waals surface area contributed by atoms with Gasteiger partial charge in [-0.3, -0.25) is 4.79 Å². The summed E-state index contributed by atoms with van der Waals surface area (Å²) in [5.41, 5.74) is 4.04. The summed E-state index contributed by atoms with van der Waals surface area (Å²) in [5.74, 6) is 0.187. The third-order valence-electron chi connectivity index (χ3n) is 3.83. The minimum Gasteiger partial charge on any atom is -0.484 e. The molecule has 0 saturated heterocycles. The zero-order valence-corrected chi connectivity index (χ0v) is 16.1. The summed E-state index contributed by atoms with van der Waals surface area (Å²) >= 11 is 0. The smallest absolute Gasteiger partial charge is 0.336 e. The van der Waals surface area contributed by atoms with Crippen LogP contribution in [-0.4, -0.2) is 24.7 Å². The number of nitrogens with one attached hydrogen (secondary N) is 1. The van der Waals surface area contributed by atoms with E-state index in [2.05, 4.69) is 10.5 Å². The van der Waals surface area contributed by atoms with Crippen LogP contribution in [0.4, 0.5) is 0 Å². The Balaban J connectivity index is 1.43. The first-order chi connectivity index (χ1) is 14.7. The Morgan fingerprint density at radius 2 is 1.47 bits per heavy atom. The lowest BCUT2D eigenvalue weighted by molar-refractivity contribution is -0.129. The van der Waals surface area contributed by atoms with Gasteiger partial charge in [-0.25, -0.2) is 10.2 Å². The minimum atomic E-state index is -0.467. The first-order valence-electron chi connectivity index (χ1n) is 9.24. The van der Waals surface area contributed by atoms with E-state index < -0.39 is 5.97 Å². The van der Waals surface area contributed by atoms with E-state index in [0.717, 1.165) is 11.1 Å². The van der Waals surface area contributed by atoms with E-state index in [1.807, 2.05) is 48.5 Å². The van der Waals surface area contributed by atoms with Crippen LogP contribution in [-0.2, 0) is 9.59 Å². The summed E-state index contributed by atoms with van der Waals surface area (Å²) in [7, 11) is 0. The van der Waals surface area contributed by atoms with Crippen LogP contribution in [0.25, 0.3) is 6.08 Å². The SMILES string of the molecule is O=C(COc1ccccc1)N/N=C\c1ccc(OC(=O)/C=C/c2ccccc2)cc1. The average molecular weight is 400 g/mol. The van der Waals surface area contributed by atoms with Gasteiger partial charge >= 0.3 is 5.97 Å². The molecule has 3 aromatic rings. The van der Waals surface area contributed by atoms with E-state index in [0.29, 0.717) is 11.5 Å². The van der Waals surface area contributed by atoms with Gasteiger partial charge < -0.3 is 9.47 Å². The second kappa shape index (κ2) is 11.0. The largest absolute Gasteiger partial charge is 0.484 e. The molecular weight excluding hydrogens is 380 g/mol. The van der Waals surface area contributed by atoms with E-state index in [1.165, 1.54) is 12.3 Å². The quantitative estimate of drug-likeness (QED) is 0.205. The van der Waals surface area contributed by atoms with E-state index in [4.69, 9.17) is 9.47 Å². The van der Waals surface area contributed by atoms with Crippen molar-refractivity contribution in [2.75, 3.05) is 6.61 Å². The molecule has 1 amide bonds. The molecule has 6 heteroatoms. The van der Waals surface area contributed by atoms with E-state index in [9.17, 15) is 9.59 Å². The lowest BCUT2D eigenvalue weighted by atomic mass is 10.2. The number of esters is 1. The molecule has 30 heavy (non-hydrogen) atoms. The van der Waals surface area contributed by atoms with Crippen molar-refractivity contribution in [2.45, 2.75) is 0 Å². The molecule has 0 heterocycles. The summed E-state index contributed by atoms with van der Waals surface area (Å²) in [6.45, 7) is -0.132. The predicted molar refractivity (Wildman–Crippen MR) is 115 cm³/mol. The predicted octanol–water partition coefficient (Wildman–Crippen LogP) is 3.83. The van der Waals surface area contributed by atoms with Gasteiger partial charge in [-0.1, -0.05) is 48.5 Å². The maximum absolute atomic E-state index is 11.9. The molecule has 0 bridgehead atoms. The highest BCUT2D eigenvalue weighted by Crippen LogP contribution is 2.12.